The molecule has 0 saturated carbocycles. The van der Waals surface area contributed by atoms with Crippen LogP contribution in [0.2, 0.25) is 0 Å². The fourth-order valence-electron chi connectivity index (χ4n) is 1.54. The second-order valence-electron chi connectivity index (χ2n) is 3.82. The maximum absolute atomic E-state index is 11.7. The number of nitrogens with one attached hydrogen (secondary N) is 2. The Bertz CT molecular complexity index is 411. The molecule has 1 rings (SSSR count). The Balaban J connectivity index is 2.34. The van der Waals surface area contributed by atoms with Gasteiger partial charge in [0, 0.05) is 26.1 Å². The summed E-state index contributed by atoms with van der Waals surface area (Å²) < 4.78 is 0. The molecule has 0 aliphatic carbocycles. The first-order valence-corrected chi connectivity index (χ1v) is 6.03. The standard InChI is InChI=1S/C11H19N5O2/c1-4-16(5-2)9(17)6-7-12-11(18)10-13-8(3)14-15-10/h4-7H2,1-3H3,(H,12,18)(H,13,14,15). The van der Waals surface area contributed by atoms with Gasteiger partial charge in [-0.1, -0.05) is 0 Å². The summed E-state index contributed by atoms with van der Waals surface area (Å²) in [6.07, 6.45) is 0.289. The van der Waals surface area contributed by atoms with Gasteiger partial charge in [-0.3, -0.25) is 14.7 Å². The summed E-state index contributed by atoms with van der Waals surface area (Å²) in [6.45, 7) is 7.23. The number of amides is 2. The summed E-state index contributed by atoms with van der Waals surface area (Å²) in [7, 11) is 0. The zero-order valence-electron chi connectivity index (χ0n) is 11.0. The maximum Gasteiger partial charge on any atom is 0.290 e. The number of hydrogen-bond donors (Lipinski definition) is 2. The van der Waals surface area contributed by atoms with Gasteiger partial charge in [-0.15, -0.1) is 5.10 Å². The summed E-state index contributed by atoms with van der Waals surface area (Å²) in [5, 5.41) is 8.94. The molecular formula is C11H19N5O2. The number of carbonyl (C=O) groups is 2. The summed E-state index contributed by atoms with van der Waals surface area (Å²) in [5.74, 6) is 0.348. The SMILES string of the molecule is CCN(CC)C(=O)CCNC(=O)c1n[nH]c(C)n1. The van der Waals surface area contributed by atoms with Gasteiger partial charge < -0.3 is 10.2 Å². The molecule has 1 aromatic rings. The van der Waals surface area contributed by atoms with Crippen LogP contribution in [0, 0.1) is 6.92 Å². The van der Waals surface area contributed by atoms with Crippen LogP contribution in [0.5, 0.6) is 0 Å². The molecule has 18 heavy (non-hydrogen) atoms. The fourth-order valence-corrected chi connectivity index (χ4v) is 1.54. The molecule has 0 fully saturated rings. The Kier molecular flexibility index (Phi) is 5.29. The molecule has 1 heterocycles. The Labute approximate surface area is 106 Å². The van der Waals surface area contributed by atoms with Crippen molar-refractivity contribution in [1.29, 1.82) is 0 Å². The average Bonchev–Trinajstić information content (AvgIpc) is 2.77. The second-order valence-corrected chi connectivity index (χ2v) is 3.82. The van der Waals surface area contributed by atoms with E-state index in [9.17, 15) is 9.59 Å². The highest BCUT2D eigenvalue weighted by Crippen LogP contribution is 1.94. The molecule has 2 amide bonds. The van der Waals surface area contributed by atoms with Gasteiger partial charge >= 0.3 is 0 Å². The molecule has 7 heteroatoms. The third kappa shape index (κ3) is 3.83. The van der Waals surface area contributed by atoms with E-state index in [1.807, 2.05) is 13.8 Å². The number of nitrogens with zero attached hydrogens (tertiary/aromatic N) is 3. The zero-order valence-corrected chi connectivity index (χ0v) is 11.0. The summed E-state index contributed by atoms with van der Waals surface area (Å²) in [4.78, 5) is 28.9. The van der Waals surface area contributed by atoms with E-state index in [1.54, 1.807) is 11.8 Å². The van der Waals surface area contributed by atoms with Crippen molar-refractivity contribution < 1.29 is 9.59 Å². The van der Waals surface area contributed by atoms with Crippen molar-refractivity contribution in [1.82, 2.24) is 25.4 Å². The number of rotatable bonds is 6. The molecule has 7 nitrogen and oxygen atoms in total. The number of aromatic amines is 1. The molecule has 2 N–H and O–H groups in total. The van der Waals surface area contributed by atoms with Crippen LogP contribution < -0.4 is 5.32 Å². The normalized spacial score (nSPS) is 10.2. The minimum absolute atomic E-state index is 0.0338. The van der Waals surface area contributed by atoms with Gasteiger partial charge in [0.25, 0.3) is 5.91 Å². The first-order valence-electron chi connectivity index (χ1n) is 6.03. The summed E-state index contributed by atoms with van der Waals surface area (Å²) in [5.41, 5.74) is 0. The molecule has 0 aliphatic rings. The lowest BCUT2D eigenvalue weighted by Crippen LogP contribution is -2.34. The lowest BCUT2D eigenvalue weighted by atomic mass is 10.3. The largest absolute Gasteiger partial charge is 0.349 e. The van der Waals surface area contributed by atoms with E-state index >= 15 is 0 Å². The minimum atomic E-state index is -0.369. The van der Waals surface area contributed by atoms with Crippen molar-refractivity contribution in [3.8, 4) is 0 Å². The van der Waals surface area contributed by atoms with Crippen molar-refractivity contribution in [2.75, 3.05) is 19.6 Å². The Morgan fingerprint density at radius 3 is 2.50 bits per heavy atom. The van der Waals surface area contributed by atoms with Gasteiger partial charge in [-0.05, 0) is 20.8 Å². The highest BCUT2D eigenvalue weighted by atomic mass is 16.2. The predicted molar refractivity (Wildman–Crippen MR) is 66.0 cm³/mol. The van der Waals surface area contributed by atoms with E-state index in [-0.39, 0.29) is 24.1 Å². The Morgan fingerprint density at radius 2 is 2.00 bits per heavy atom. The number of aryl methyl sites for hydroxylation is 1. The summed E-state index contributed by atoms with van der Waals surface area (Å²) >= 11 is 0. The van der Waals surface area contributed by atoms with Crippen LogP contribution in [0.3, 0.4) is 0 Å². The molecule has 0 atom stereocenters. The molecule has 100 valence electrons. The highest BCUT2D eigenvalue weighted by Gasteiger charge is 2.13. The number of H-pyrrole nitrogens is 1. The molecule has 0 radical (unpaired) electrons. The van der Waals surface area contributed by atoms with Gasteiger partial charge in [-0.2, -0.15) is 0 Å². The van der Waals surface area contributed by atoms with Crippen molar-refractivity contribution in [3.05, 3.63) is 11.6 Å². The van der Waals surface area contributed by atoms with E-state index in [1.165, 1.54) is 0 Å². The molecule has 0 aliphatic heterocycles. The Morgan fingerprint density at radius 1 is 1.33 bits per heavy atom. The van der Waals surface area contributed by atoms with E-state index in [0.717, 1.165) is 0 Å². The van der Waals surface area contributed by atoms with E-state index in [2.05, 4.69) is 20.5 Å². The van der Waals surface area contributed by atoms with Crippen LogP contribution in [0.4, 0.5) is 0 Å². The van der Waals surface area contributed by atoms with E-state index in [0.29, 0.717) is 25.5 Å². The van der Waals surface area contributed by atoms with E-state index in [4.69, 9.17) is 0 Å². The molecule has 0 spiro atoms. The van der Waals surface area contributed by atoms with Crippen LogP contribution in [-0.4, -0.2) is 51.5 Å². The quantitative estimate of drug-likeness (QED) is 0.752. The van der Waals surface area contributed by atoms with Gasteiger partial charge in [0.15, 0.2) is 0 Å². The predicted octanol–water partition coefficient (Wildman–Crippen LogP) is 0.101. The average molecular weight is 253 g/mol. The smallest absolute Gasteiger partial charge is 0.290 e. The third-order valence-corrected chi connectivity index (χ3v) is 2.54. The van der Waals surface area contributed by atoms with Gasteiger partial charge in [-0.25, -0.2) is 4.98 Å². The van der Waals surface area contributed by atoms with Gasteiger partial charge in [0.05, 0.1) is 0 Å². The highest BCUT2D eigenvalue weighted by molar-refractivity contribution is 5.90. The number of hydrogen-bond acceptors (Lipinski definition) is 4. The fraction of sp³-hybridized carbons (Fsp3) is 0.636. The molecule has 0 bridgehead atoms. The second kappa shape index (κ2) is 6.73. The molecule has 0 unspecified atom stereocenters. The lowest BCUT2D eigenvalue weighted by Gasteiger charge is -2.18. The van der Waals surface area contributed by atoms with Gasteiger partial charge in [0.2, 0.25) is 11.7 Å². The van der Waals surface area contributed by atoms with Crippen LogP contribution >= 0.6 is 0 Å². The maximum atomic E-state index is 11.7. The van der Waals surface area contributed by atoms with Crippen molar-refractivity contribution in [2.45, 2.75) is 27.2 Å². The molecule has 0 saturated heterocycles. The van der Waals surface area contributed by atoms with Crippen molar-refractivity contribution in [3.63, 3.8) is 0 Å². The number of carbonyl (C=O) groups excluding carboxylic acids is 2. The zero-order chi connectivity index (χ0) is 13.5. The molecule has 0 aromatic carbocycles. The molecular weight excluding hydrogens is 234 g/mol. The third-order valence-electron chi connectivity index (χ3n) is 2.54. The lowest BCUT2D eigenvalue weighted by molar-refractivity contribution is -0.130. The number of aromatic nitrogens is 3. The van der Waals surface area contributed by atoms with Crippen molar-refractivity contribution in [2.24, 2.45) is 0 Å². The van der Waals surface area contributed by atoms with Gasteiger partial charge in [0.1, 0.15) is 5.82 Å². The van der Waals surface area contributed by atoms with Crippen LogP contribution in [0.1, 0.15) is 36.7 Å². The van der Waals surface area contributed by atoms with E-state index < -0.39 is 0 Å². The topological polar surface area (TPSA) is 91.0 Å². The summed E-state index contributed by atoms with van der Waals surface area (Å²) in [6, 6.07) is 0. The van der Waals surface area contributed by atoms with Crippen LogP contribution in [0.25, 0.3) is 0 Å². The Hall–Kier alpha value is -1.92. The minimum Gasteiger partial charge on any atom is -0.349 e. The first kappa shape index (κ1) is 14.1. The van der Waals surface area contributed by atoms with Crippen molar-refractivity contribution >= 4 is 11.8 Å². The monoisotopic (exact) mass is 253 g/mol. The van der Waals surface area contributed by atoms with Crippen LogP contribution in [0.15, 0.2) is 0 Å². The molecule has 1 aromatic heterocycles. The first-order chi connectivity index (χ1) is 8.58. The van der Waals surface area contributed by atoms with Crippen LogP contribution in [-0.2, 0) is 4.79 Å².